The van der Waals surface area contributed by atoms with Crippen LogP contribution in [0.5, 0.6) is 0 Å². The maximum absolute atomic E-state index is 11.5. The van der Waals surface area contributed by atoms with Crippen molar-refractivity contribution in [1.29, 1.82) is 0 Å². The molecule has 0 fully saturated rings. The van der Waals surface area contributed by atoms with E-state index in [1.54, 1.807) is 0 Å². The first-order valence-electron chi connectivity index (χ1n) is 5.37. The van der Waals surface area contributed by atoms with Gasteiger partial charge in [-0.15, -0.1) is 0 Å². The minimum atomic E-state index is -0.325. The summed E-state index contributed by atoms with van der Waals surface area (Å²) in [5.74, 6) is -0.325. The zero-order chi connectivity index (χ0) is 11.9. The van der Waals surface area contributed by atoms with Gasteiger partial charge in [0.2, 0.25) is 5.05 Å². The van der Waals surface area contributed by atoms with Crippen LogP contribution >= 0.6 is 12.2 Å². The molecule has 1 aromatic carbocycles. The Morgan fingerprint density at radius 3 is 2.62 bits per heavy atom. The summed E-state index contributed by atoms with van der Waals surface area (Å²) in [7, 11) is 0. The number of ether oxygens (including phenoxy) is 1. The maximum atomic E-state index is 11.5. The van der Waals surface area contributed by atoms with E-state index in [0.29, 0.717) is 10.6 Å². The third-order valence-electron chi connectivity index (χ3n) is 3.31. The molecule has 0 unspecified atom stereocenters. The van der Waals surface area contributed by atoms with Crippen LogP contribution in [0.4, 0.5) is 0 Å². The van der Waals surface area contributed by atoms with E-state index >= 15 is 0 Å². The summed E-state index contributed by atoms with van der Waals surface area (Å²) in [5.41, 5.74) is 2.56. The molecule has 2 rings (SSSR count). The van der Waals surface area contributed by atoms with Gasteiger partial charge in [-0.05, 0) is 41.7 Å². The third kappa shape index (κ3) is 1.65. The minimum Gasteiger partial charge on any atom is -0.410 e. The highest BCUT2D eigenvalue weighted by molar-refractivity contribution is 7.80. The fraction of sp³-hybridized carbons (Fsp3) is 0.385. The van der Waals surface area contributed by atoms with Crippen LogP contribution in [0.2, 0.25) is 0 Å². The number of carbonyl (C=O) groups is 1. The zero-order valence-electron chi connectivity index (χ0n) is 9.66. The Balaban J connectivity index is 2.52. The Morgan fingerprint density at radius 2 is 2.00 bits per heavy atom. The first kappa shape index (κ1) is 11.3. The number of esters is 1. The summed E-state index contributed by atoms with van der Waals surface area (Å²) in [5, 5.41) is 0.292. The number of benzene rings is 1. The lowest BCUT2D eigenvalue weighted by Gasteiger charge is -2.23. The Morgan fingerprint density at radius 1 is 1.31 bits per heavy atom. The molecule has 1 aliphatic heterocycles. The molecule has 84 valence electrons. The SMILES string of the molecule is CCC(C)(C)c1ccc2c(c1)C(=O)OC2=S. The van der Waals surface area contributed by atoms with Gasteiger partial charge in [-0.2, -0.15) is 0 Å². The van der Waals surface area contributed by atoms with Gasteiger partial charge in [-0.1, -0.05) is 26.8 Å². The van der Waals surface area contributed by atoms with Crippen molar-refractivity contribution in [2.24, 2.45) is 0 Å². The number of thiocarbonyl (C=S) groups is 1. The minimum absolute atomic E-state index is 0.0690. The van der Waals surface area contributed by atoms with E-state index in [0.717, 1.165) is 17.5 Å². The standard InChI is InChI=1S/C13H14O2S/c1-4-13(2,3)8-5-6-9-10(7-8)11(14)15-12(9)16/h5-7H,4H2,1-3H3. The highest BCUT2D eigenvalue weighted by atomic mass is 32.1. The van der Waals surface area contributed by atoms with Crippen LogP contribution in [0.15, 0.2) is 18.2 Å². The van der Waals surface area contributed by atoms with E-state index in [4.69, 9.17) is 17.0 Å². The Kier molecular flexibility index (Phi) is 2.58. The Bertz CT molecular complexity index is 475. The first-order chi connectivity index (χ1) is 7.45. The molecule has 0 N–H and O–H groups in total. The van der Waals surface area contributed by atoms with Gasteiger partial charge in [0.25, 0.3) is 0 Å². The number of fused-ring (bicyclic) bond motifs is 1. The summed E-state index contributed by atoms with van der Waals surface area (Å²) in [4.78, 5) is 11.5. The molecule has 1 heterocycles. The molecular formula is C13H14O2S. The van der Waals surface area contributed by atoms with Gasteiger partial charge >= 0.3 is 5.97 Å². The molecule has 0 amide bonds. The highest BCUT2D eigenvalue weighted by Gasteiger charge is 2.29. The summed E-state index contributed by atoms with van der Waals surface area (Å²) in [6.07, 6.45) is 1.02. The van der Waals surface area contributed by atoms with Crippen LogP contribution < -0.4 is 0 Å². The summed E-state index contributed by atoms with van der Waals surface area (Å²) in [6, 6.07) is 5.81. The molecule has 1 aromatic rings. The number of cyclic esters (lactones) is 1. The third-order valence-corrected chi connectivity index (χ3v) is 3.61. The second-order valence-corrected chi connectivity index (χ2v) is 5.05. The largest absolute Gasteiger partial charge is 0.410 e. The van der Waals surface area contributed by atoms with Gasteiger partial charge in [-0.3, -0.25) is 0 Å². The molecule has 0 bridgehead atoms. The fourth-order valence-corrected chi connectivity index (χ4v) is 1.96. The molecule has 16 heavy (non-hydrogen) atoms. The normalized spacial score (nSPS) is 14.9. The molecule has 0 saturated heterocycles. The second kappa shape index (κ2) is 3.67. The van der Waals surface area contributed by atoms with Crippen molar-refractivity contribution in [3.05, 3.63) is 34.9 Å². The monoisotopic (exact) mass is 234 g/mol. The lowest BCUT2D eigenvalue weighted by atomic mass is 9.81. The molecule has 2 nitrogen and oxygen atoms in total. The van der Waals surface area contributed by atoms with E-state index in [1.807, 2.05) is 18.2 Å². The number of rotatable bonds is 2. The number of hydrogen-bond acceptors (Lipinski definition) is 3. The molecule has 0 saturated carbocycles. The Labute approximate surface area is 101 Å². The van der Waals surface area contributed by atoms with E-state index in [9.17, 15) is 4.79 Å². The lowest BCUT2D eigenvalue weighted by molar-refractivity contribution is 0.0741. The van der Waals surface area contributed by atoms with Crippen LogP contribution in [0.1, 0.15) is 48.7 Å². The van der Waals surface area contributed by atoms with Crippen LogP contribution in [-0.2, 0) is 10.2 Å². The van der Waals surface area contributed by atoms with Crippen molar-refractivity contribution >= 4 is 23.2 Å². The molecule has 0 aromatic heterocycles. The molecule has 0 radical (unpaired) electrons. The summed E-state index contributed by atoms with van der Waals surface area (Å²) in [6.45, 7) is 6.46. The quantitative estimate of drug-likeness (QED) is 0.580. The predicted molar refractivity (Wildman–Crippen MR) is 66.9 cm³/mol. The van der Waals surface area contributed by atoms with Crippen molar-refractivity contribution in [2.45, 2.75) is 32.6 Å². The summed E-state index contributed by atoms with van der Waals surface area (Å²) >= 11 is 4.97. The molecule has 3 heteroatoms. The van der Waals surface area contributed by atoms with Gasteiger partial charge in [0.15, 0.2) is 0 Å². The van der Waals surface area contributed by atoms with E-state index in [1.165, 1.54) is 0 Å². The maximum Gasteiger partial charge on any atom is 0.345 e. The van der Waals surface area contributed by atoms with Crippen LogP contribution in [0.25, 0.3) is 0 Å². The average Bonchev–Trinajstić information content (AvgIpc) is 2.54. The van der Waals surface area contributed by atoms with Crippen molar-refractivity contribution < 1.29 is 9.53 Å². The molecule has 1 aliphatic rings. The molecule has 0 aliphatic carbocycles. The first-order valence-corrected chi connectivity index (χ1v) is 5.77. The molecule has 0 spiro atoms. The smallest absolute Gasteiger partial charge is 0.345 e. The summed E-state index contributed by atoms with van der Waals surface area (Å²) < 4.78 is 4.93. The van der Waals surface area contributed by atoms with Crippen LogP contribution in [0.3, 0.4) is 0 Å². The van der Waals surface area contributed by atoms with Crippen molar-refractivity contribution in [3.63, 3.8) is 0 Å². The van der Waals surface area contributed by atoms with Crippen molar-refractivity contribution in [1.82, 2.24) is 0 Å². The topological polar surface area (TPSA) is 26.3 Å². The predicted octanol–water partition coefficient (Wildman–Crippen LogP) is 3.22. The molecule has 0 atom stereocenters. The molecular weight excluding hydrogens is 220 g/mol. The van der Waals surface area contributed by atoms with Crippen molar-refractivity contribution in [3.8, 4) is 0 Å². The van der Waals surface area contributed by atoms with E-state index in [-0.39, 0.29) is 11.4 Å². The lowest BCUT2D eigenvalue weighted by Crippen LogP contribution is -2.16. The van der Waals surface area contributed by atoms with Crippen LogP contribution in [-0.4, -0.2) is 11.0 Å². The van der Waals surface area contributed by atoms with Gasteiger partial charge in [0.1, 0.15) is 0 Å². The van der Waals surface area contributed by atoms with E-state index < -0.39 is 0 Å². The highest BCUT2D eigenvalue weighted by Crippen LogP contribution is 2.30. The van der Waals surface area contributed by atoms with Gasteiger partial charge in [-0.25, -0.2) is 4.79 Å². The number of carbonyl (C=O) groups excluding carboxylic acids is 1. The van der Waals surface area contributed by atoms with Crippen LogP contribution in [0, 0.1) is 0 Å². The number of hydrogen-bond donors (Lipinski definition) is 0. The second-order valence-electron chi connectivity index (χ2n) is 4.67. The fourth-order valence-electron chi connectivity index (χ4n) is 1.71. The van der Waals surface area contributed by atoms with Gasteiger partial charge < -0.3 is 4.74 Å². The van der Waals surface area contributed by atoms with Gasteiger partial charge in [0.05, 0.1) is 5.56 Å². The van der Waals surface area contributed by atoms with Crippen molar-refractivity contribution in [2.75, 3.05) is 0 Å². The van der Waals surface area contributed by atoms with Gasteiger partial charge in [0, 0.05) is 5.56 Å². The zero-order valence-corrected chi connectivity index (χ0v) is 10.5. The average molecular weight is 234 g/mol. The van der Waals surface area contributed by atoms with E-state index in [2.05, 4.69) is 20.8 Å². The Hall–Kier alpha value is -1.22.